The molecule has 3 aromatic rings. The van der Waals surface area contributed by atoms with Crippen molar-refractivity contribution in [3.05, 3.63) is 83.9 Å². The molecule has 0 saturated heterocycles. The highest BCUT2D eigenvalue weighted by Gasteiger charge is 2.30. The fraction of sp³-hybridized carbons (Fsp3) is 0.136. The Balaban J connectivity index is 1.52. The van der Waals surface area contributed by atoms with E-state index in [2.05, 4.69) is 17.4 Å². The lowest BCUT2D eigenvalue weighted by Gasteiger charge is -2.36. The Labute approximate surface area is 157 Å². The van der Waals surface area contributed by atoms with Crippen molar-refractivity contribution in [3.8, 4) is 11.5 Å². The summed E-state index contributed by atoms with van der Waals surface area (Å²) in [6.07, 6.45) is 0. The molecule has 0 bridgehead atoms. The Morgan fingerprint density at radius 2 is 1.70 bits per heavy atom. The summed E-state index contributed by atoms with van der Waals surface area (Å²) in [5, 5.41) is 3.55. The van der Waals surface area contributed by atoms with Crippen molar-refractivity contribution in [1.82, 2.24) is 0 Å². The Kier molecular flexibility index (Phi) is 3.71. The average Bonchev–Trinajstić information content (AvgIpc) is 3.21. The first-order valence-electron chi connectivity index (χ1n) is 8.91. The van der Waals surface area contributed by atoms with Crippen molar-refractivity contribution >= 4 is 17.3 Å². The lowest BCUT2D eigenvalue weighted by molar-refractivity contribution is 0.0984. The molecule has 0 saturated carbocycles. The van der Waals surface area contributed by atoms with Crippen LogP contribution in [0.15, 0.2) is 72.8 Å². The van der Waals surface area contributed by atoms with Gasteiger partial charge < -0.3 is 19.7 Å². The van der Waals surface area contributed by atoms with Crippen LogP contribution in [-0.4, -0.2) is 19.2 Å². The Bertz CT molecular complexity index is 1000. The molecular formula is C22H18N2O3. The van der Waals surface area contributed by atoms with E-state index in [9.17, 15) is 4.79 Å². The highest BCUT2D eigenvalue weighted by molar-refractivity contribution is 6.08. The van der Waals surface area contributed by atoms with Crippen molar-refractivity contribution in [1.29, 1.82) is 0 Å². The lowest BCUT2D eigenvalue weighted by Crippen LogP contribution is -2.40. The van der Waals surface area contributed by atoms with Crippen molar-refractivity contribution in [2.75, 3.05) is 23.6 Å². The van der Waals surface area contributed by atoms with Crippen molar-refractivity contribution in [2.45, 2.75) is 6.04 Å². The van der Waals surface area contributed by atoms with Gasteiger partial charge in [-0.1, -0.05) is 42.5 Å². The van der Waals surface area contributed by atoms with E-state index < -0.39 is 0 Å². The van der Waals surface area contributed by atoms with E-state index in [-0.39, 0.29) is 18.7 Å². The number of nitrogens with one attached hydrogen (secondary N) is 1. The van der Waals surface area contributed by atoms with E-state index in [0.717, 1.165) is 16.9 Å². The SMILES string of the molecule is O=C(c1ccc2c(c1)OCO2)N1CC(c2ccccc2)Nc2ccccc21. The largest absolute Gasteiger partial charge is 0.454 e. The summed E-state index contributed by atoms with van der Waals surface area (Å²) in [5.41, 5.74) is 3.57. The van der Waals surface area contributed by atoms with Gasteiger partial charge in [-0.3, -0.25) is 4.79 Å². The van der Waals surface area contributed by atoms with Crippen LogP contribution in [0.1, 0.15) is 22.0 Å². The van der Waals surface area contributed by atoms with Gasteiger partial charge in [-0.05, 0) is 35.9 Å². The number of ether oxygens (including phenoxy) is 2. The molecule has 0 aliphatic carbocycles. The molecule has 3 aromatic carbocycles. The van der Waals surface area contributed by atoms with Gasteiger partial charge in [0.1, 0.15) is 0 Å². The molecular weight excluding hydrogens is 340 g/mol. The smallest absolute Gasteiger partial charge is 0.258 e. The average molecular weight is 358 g/mol. The van der Waals surface area contributed by atoms with Gasteiger partial charge in [-0.25, -0.2) is 0 Å². The molecule has 0 fully saturated rings. The number of anilines is 2. The first kappa shape index (κ1) is 15.8. The van der Waals surface area contributed by atoms with Crippen LogP contribution in [0.5, 0.6) is 11.5 Å². The third kappa shape index (κ3) is 2.77. The maximum absolute atomic E-state index is 13.3. The standard InChI is InChI=1S/C22H18N2O3/c25-22(16-10-11-20-21(12-16)27-14-26-20)24-13-18(15-6-2-1-3-7-15)23-17-8-4-5-9-19(17)24/h1-12,18,23H,13-14H2. The number of benzene rings is 3. The fourth-order valence-electron chi connectivity index (χ4n) is 3.60. The first-order valence-corrected chi connectivity index (χ1v) is 8.91. The number of carbonyl (C=O) groups is 1. The summed E-state index contributed by atoms with van der Waals surface area (Å²) in [4.78, 5) is 15.2. The minimum atomic E-state index is -0.0526. The van der Waals surface area contributed by atoms with Crippen molar-refractivity contribution in [3.63, 3.8) is 0 Å². The number of carbonyl (C=O) groups excluding carboxylic acids is 1. The van der Waals surface area contributed by atoms with Crippen LogP contribution in [0, 0.1) is 0 Å². The Morgan fingerprint density at radius 3 is 2.59 bits per heavy atom. The van der Waals surface area contributed by atoms with Crippen LogP contribution in [-0.2, 0) is 0 Å². The molecule has 1 atom stereocenters. The van der Waals surface area contributed by atoms with Gasteiger partial charge in [-0.15, -0.1) is 0 Å². The third-order valence-corrected chi connectivity index (χ3v) is 4.96. The van der Waals surface area contributed by atoms with Gasteiger partial charge in [0.2, 0.25) is 6.79 Å². The van der Waals surface area contributed by atoms with E-state index in [1.165, 1.54) is 0 Å². The summed E-state index contributed by atoms with van der Waals surface area (Å²) >= 11 is 0. The number of hydrogen-bond donors (Lipinski definition) is 1. The second-order valence-corrected chi connectivity index (χ2v) is 6.61. The van der Waals surface area contributed by atoms with Crippen LogP contribution in [0.4, 0.5) is 11.4 Å². The normalized spacial score (nSPS) is 17.2. The van der Waals surface area contributed by atoms with Crippen LogP contribution in [0.25, 0.3) is 0 Å². The fourth-order valence-corrected chi connectivity index (χ4v) is 3.60. The number of hydrogen-bond acceptors (Lipinski definition) is 4. The topological polar surface area (TPSA) is 50.8 Å². The molecule has 1 amide bonds. The third-order valence-electron chi connectivity index (χ3n) is 4.96. The van der Waals surface area contributed by atoms with Crippen LogP contribution >= 0.6 is 0 Å². The quantitative estimate of drug-likeness (QED) is 0.745. The van der Waals surface area contributed by atoms with Gasteiger partial charge in [0.05, 0.1) is 24.0 Å². The minimum Gasteiger partial charge on any atom is -0.454 e. The second kappa shape index (κ2) is 6.36. The first-order chi connectivity index (χ1) is 13.3. The summed E-state index contributed by atoms with van der Waals surface area (Å²) in [5.74, 6) is 1.24. The summed E-state index contributed by atoms with van der Waals surface area (Å²) in [6.45, 7) is 0.744. The highest BCUT2D eigenvalue weighted by Crippen LogP contribution is 2.38. The zero-order valence-electron chi connectivity index (χ0n) is 14.6. The molecule has 5 rings (SSSR count). The lowest BCUT2D eigenvalue weighted by atomic mass is 10.0. The van der Waals surface area contributed by atoms with E-state index in [1.54, 1.807) is 18.2 Å². The molecule has 27 heavy (non-hydrogen) atoms. The zero-order chi connectivity index (χ0) is 18.2. The monoisotopic (exact) mass is 358 g/mol. The maximum atomic E-state index is 13.3. The van der Waals surface area contributed by atoms with Crippen LogP contribution in [0.2, 0.25) is 0 Å². The Morgan fingerprint density at radius 1 is 0.926 bits per heavy atom. The van der Waals surface area contributed by atoms with Crippen LogP contribution < -0.4 is 19.7 Å². The highest BCUT2D eigenvalue weighted by atomic mass is 16.7. The van der Waals surface area contributed by atoms with E-state index in [0.29, 0.717) is 23.6 Å². The molecule has 5 nitrogen and oxygen atoms in total. The maximum Gasteiger partial charge on any atom is 0.258 e. The van der Waals surface area contributed by atoms with Gasteiger partial charge in [-0.2, -0.15) is 0 Å². The van der Waals surface area contributed by atoms with Crippen LogP contribution in [0.3, 0.4) is 0 Å². The molecule has 1 unspecified atom stereocenters. The number of para-hydroxylation sites is 2. The number of rotatable bonds is 2. The van der Waals surface area contributed by atoms with Gasteiger partial charge in [0.15, 0.2) is 11.5 Å². The predicted molar refractivity (Wildman–Crippen MR) is 103 cm³/mol. The van der Waals surface area contributed by atoms with Gasteiger partial charge >= 0.3 is 0 Å². The molecule has 0 spiro atoms. The summed E-state index contributed by atoms with van der Waals surface area (Å²) < 4.78 is 10.8. The summed E-state index contributed by atoms with van der Waals surface area (Å²) in [7, 11) is 0. The molecule has 2 aliphatic heterocycles. The van der Waals surface area contributed by atoms with Gasteiger partial charge in [0.25, 0.3) is 5.91 Å². The van der Waals surface area contributed by atoms with E-state index >= 15 is 0 Å². The molecule has 2 heterocycles. The minimum absolute atomic E-state index is 0.0269. The molecule has 0 radical (unpaired) electrons. The second-order valence-electron chi connectivity index (χ2n) is 6.61. The molecule has 0 aromatic heterocycles. The Hall–Kier alpha value is -3.47. The van der Waals surface area contributed by atoms with E-state index in [4.69, 9.17) is 9.47 Å². The van der Waals surface area contributed by atoms with E-state index in [1.807, 2.05) is 47.4 Å². The van der Waals surface area contributed by atoms with Gasteiger partial charge in [0, 0.05) is 5.56 Å². The molecule has 1 N–H and O–H groups in total. The molecule has 134 valence electrons. The number of nitrogens with zero attached hydrogens (tertiary/aromatic N) is 1. The van der Waals surface area contributed by atoms with Crippen molar-refractivity contribution in [2.24, 2.45) is 0 Å². The number of amides is 1. The predicted octanol–water partition coefficient (Wildman–Crippen LogP) is 4.23. The summed E-state index contributed by atoms with van der Waals surface area (Å²) in [6, 6.07) is 23.4. The van der Waals surface area contributed by atoms with Crippen molar-refractivity contribution < 1.29 is 14.3 Å². The molecule has 2 aliphatic rings. The number of fused-ring (bicyclic) bond motifs is 2. The zero-order valence-corrected chi connectivity index (χ0v) is 14.6. The molecule has 5 heteroatoms.